The number of hydrogen-bond donors (Lipinski definition) is 1. The lowest BCUT2D eigenvalue weighted by Crippen LogP contribution is -2.21. The number of sulfonamides is 1. The maximum atomic E-state index is 13.8. The third kappa shape index (κ3) is 4.96. The molecule has 2 rings (SSSR count). The molecule has 0 unspecified atom stereocenters. The van der Waals surface area contributed by atoms with Crippen LogP contribution in [0.15, 0.2) is 45.8 Å². The summed E-state index contributed by atoms with van der Waals surface area (Å²) in [4.78, 5) is -0.777. The van der Waals surface area contributed by atoms with Crippen molar-refractivity contribution in [1.82, 2.24) is 0 Å². The zero-order valence-electron chi connectivity index (χ0n) is 11.4. The van der Waals surface area contributed by atoms with Gasteiger partial charge in [0.2, 0.25) is 0 Å². The van der Waals surface area contributed by atoms with Gasteiger partial charge in [-0.25, -0.2) is 12.8 Å². The van der Waals surface area contributed by atoms with Gasteiger partial charge in [0.15, 0.2) is 5.75 Å². The summed E-state index contributed by atoms with van der Waals surface area (Å²) in [5.74, 6) is -1.80. The molecule has 0 aliphatic rings. The summed E-state index contributed by atoms with van der Waals surface area (Å²) in [5, 5.41) is 0. The third-order valence-corrected chi connectivity index (χ3v) is 5.17. The zero-order chi connectivity index (χ0) is 18.1. The first-order valence-electron chi connectivity index (χ1n) is 6.01. The summed E-state index contributed by atoms with van der Waals surface area (Å²) >= 11 is 4.76. The van der Waals surface area contributed by atoms with Gasteiger partial charge in [-0.2, -0.15) is 0 Å². The maximum Gasteiger partial charge on any atom is 0.573 e. The van der Waals surface area contributed by atoms with Gasteiger partial charge in [-0.05, 0) is 59.0 Å². The number of rotatable bonds is 4. The fourth-order valence-corrected chi connectivity index (χ4v) is 3.65. The summed E-state index contributed by atoms with van der Waals surface area (Å²) in [6, 6.07) is 6.67. The summed E-state index contributed by atoms with van der Waals surface area (Å²) in [6.07, 6.45) is -5.08. The van der Waals surface area contributed by atoms with Crippen molar-refractivity contribution in [3.63, 3.8) is 0 Å². The molecule has 4 nitrogen and oxygen atoms in total. The van der Waals surface area contributed by atoms with Crippen LogP contribution in [-0.2, 0) is 10.0 Å². The molecule has 0 bridgehead atoms. The maximum absolute atomic E-state index is 13.8. The fourth-order valence-electron chi connectivity index (χ4n) is 1.68. The lowest BCUT2D eigenvalue weighted by Gasteiger charge is -2.15. The van der Waals surface area contributed by atoms with E-state index in [2.05, 4.69) is 20.7 Å². The Bertz CT molecular complexity index is 874. The van der Waals surface area contributed by atoms with E-state index in [1.807, 2.05) is 27.3 Å². The highest BCUT2D eigenvalue weighted by Crippen LogP contribution is 2.33. The van der Waals surface area contributed by atoms with Crippen molar-refractivity contribution in [2.45, 2.75) is 11.3 Å². The predicted molar refractivity (Wildman–Crippen MR) is 90.8 cm³/mol. The minimum atomic E-state index is -5.08. The van der Waals surface area contributed by atoms with E-state index < -0.39 is 38.5 Å². The smallest absolute Gasteiger partial charge is 0.404 e. The topological polar surface area (TPSA) is 55.4 Å². The number of anilines is 1. The second-order valence-electron chi connectivity index (χ2n) is 4.37. The van der Waals surface area contributed by atoms with Gasteiger partial charge in [-0.1, -0.05) is 15.9 Å². The van der Waals surface area contributed by atoms with Gasteiger partial charge in [0.1, 0.15) is 10.7 Å². The summed E-state index contributed by atoms with van der Waals surface area (Å²) in [5.41, 5.74) is -0.392. The van der Waals surface area contributed by atoms with Gasteiger partial charge in [0, 0.05) is 8.04 Å². The molecule has 130 valence electrons. The van der Waals surface area contributed by atoms with Gasteiger partial charge in [0.25, 0.3) is 10.0 Å². The first-order chi connectivity index (χ1) is 11.0. The highest BCUT2D eigenvalue weighted by Gasteiger charge is 2.34. The number of halogens is 6. The van der Waals surface area contributed by atoms with Crippen LogP contribution in [0.3, 0.4) is 0 Å². The Hall–Kier alpha value is -1.08. The van der Waals surface area contributed by atoms with Gasteiger partial charge < -0.3 is 4.74 Å². The Morgan fingerprint density at radius 3 is 2.38 bits per heavy atom. The third-order valence-electron chi connectivity index (χ3n) is 2.60. The molecule has 0 saturated heterocycles. The Balaban J connectivity index is 2.45. The molecule has 0 fully saturated rings. The van der Waals surface area contributed by atoms with Crippen LogP contribution in [0.1, 0.15) is 0 Å². The summed E-state index contributed by atoms with van der Waals surface area (Å²) in [6.45, 7) is 0. The van der Waals surface area contributed by atoms with Crippen molar-refractivity contribution >= 4 is 54.2 Å². The number of hydrogen-bond acceptors (Lipinski definition) is 3. The van der Waals surface area contributed by atoms with Gasteiger partial charge in [-0.15, -0.1) is 13.2 Å². The van der Waals surface area contributed by atoms with Crippen molar-refractivity contribution in [1.29, 1.82) is 0 Å². The van der Waals surface area contributed by atoms with Crippen molar-refractivity contribution in [2.24, 2.45) is 0 Å². The van der Waals surface area contributed by atoms with Crippen LogP contribution < -0.4 is 9.46 Å². The second-order valence-corrected chi connectivity index (χ2v) is 8.18. The normalized spacial score (nSPS) is 12.1. The number of benzene rings is 2. The Morgan fingerprint density at radius 2 is 1.79 bits per heavy atom. The molecule has 0 amide bonds. The van der Waals surface area contributed by atoms with Crippen LogP contribution in [0.5, 0.6) is 5.75 Å². The lowest BCUT2D eigenvalue weighted by atomic mass is 10.3. The highest BCUT2D eigenvalue weighted by molar-refractivity contribution is 14.1. The van der Waals surface area contributed by atoms with Crippen molar-refractivity contribution < 1.29 is 30.7 Å². The monoisotopic (exact) mass is 539 g/mol. The molecule has 0 atom stereocenters. The molecule has 1 N–H and O–H groups in total. The lowest BCUT2D eigenvalue weighted by molar-refractivity contribution is -0.275. The molecule has 0 aliphatic carbocycles. The largest absolute Gasteiger partial charge is 0.573 e. The molecule has 0 spiro atoms. The molecule has 0 aliphatic heterocycles. The molecule has 2 aromatic carbocycles. The Morgan fingerprint density at radius 1 is 1.12 bits per heavy atom. The zero-order valence-corrected chi connectivity index (χ0v) is 15.9. The molecular weight excluding hydrogens is 533 g/mol. The van der Waals surface area contributed by atoms with E-state index in [0.717, 1.165) is 24.3 Å². The first-order valence-corrected chi connectivity index (χ1v) is 9.36. The molecule has 0 radical (unpaired) electrons. The summed E-state index contributed by atoms with van der Waals surface area (Å²) in [7, 11) is -4.51. The van der Waals surface area contributed by atoms with Crippen LogP contribution in [0, 0.1) is 9.39 Å². The SMILES string of the molecule is O=S(=O)(Nc1ccc(I)cc1F)c1ccc(Br)cc1OC(F)(F)F. The van der Waals surface area contributed by atoms with E-state index in [9.17, 15) is 26.0 Å². The van der Waals surface area contributed by atoms with E-state index in [1.54, 1.807) is 0 Å². The minimum absolute atomic E-state index is 0.182. The average molecular weight is 540 g/mol. The Kier molecular flexibility index (Phi) is 5.64. The molecule has 0 aromatic heterocycles. The van der Waals surface area contributed by atoms with Gasteiger partial charge in [0.05, 0.1) is 5.69 Å². The molecule has 0 heterocycles. The molecule has 11 heteroatoms. The molecule has 24 heavy (non-hydrogen) atoms. The van der Waals surface area contributed by atoms with Crippen molar-refractivity contribution in [2.75, 3.05) is 4.72 Å². The van der Waals surface area contributed by atoms with Crippen molar-refractivity contribution in [3.05, 3.63) is 50.3 Å². The Labute approximate surface area is 156 Å². The summed E-state index contributed by atoms with van der Waals surface area (Å²) < 4.78 is 82.2. The van der Waals surface area contributed by atoms with E-state index in [0.29, 0.717) is 3.57 Å². The standard InChI is InChI=1S/C13H7BrF4INO3S/c14-7-1-4-12(11(5-7)23-13(16,17)18)24(21,22)20-10-3-2-8(19)6-9(10)15/h1-6,20H. The van der Waals surface area contributed by atoms with E-state index >= 15 is 0 Å². The first kappa shape index (κ1) is 19.2. The van der Waals surface area contributed by atoms with Gasteiger partial charge in [-0.3, -0.25) is 4.72 Å². The number of alkyl halides is 3. The quantitative estimate of drug-likeness (QED) is 0.444. The fraction of sp³-hybridized carbons (Fsp3) is 0.0769. The molecular formula is C13H7BrF4INO3S. The van der Waals surface area contributed by atoms with Crippen LogP contribution >= 0.6 is 38.5 Å². The van der Waals surface area contributed by atoms with Crippen LogP contribution in [-0.4, -0.2) is 14.8 Å². The highest BCUT2D eigenvalue weighted by atomic mass is 127. The predicted octanol–water partition coefficient (Wildman–Crippen LogP) is 4.89. The van der Waals surface area contributed by atoms with Crippen molar-refractivity contribution in [3.8, 4) is 5.75 Å². The van der Waals surface area contributed by atoms with E-state index in [1.165, 1.54) is 12.1 Å². The number of ether oxygens (including phenoxy) is 1. The van der Waals surface area contributed by atoms with E-state index in [-0.39, 0.29) is 4.47 Å². The minimum Gasteiger partial charge on any atom is -0.404 e. The van der Waals surface area contributed by atoms with Crippen LogP contribution in [0.2, 0.25) is 0 Å². The number of nitrogens with one attached hydrogen (secondary N) is 1. The second kappa shape index (κ2) is 7.04. The van der Waals surface area contributed by atoms with E-state index in [4.69, 9.17) is 0 Å². The van der Waals surface area contributed by atoms with Crippen LogP contribution in [0.25, 0.3) is 0 Å². The van der Waals surface area contributed by atoms with Crippen LogP contribution in [0.4, 0.5) is 23.2 Å². The molecule has 2 aromatic rings. The average Bonchev–Trinajstić information content (AvgIpc) is 2.40. The van der Waals surface area contributed by atoms with Gasteiger partial charge >= 0.3 is 6.36 Å². The molecule has 0 saturated carbocycles.